The van der Waals surface area contributed by atoms with Crippen molar-refractivity contribution in [2.45, 2.75) is 51.5 Å². The summed E-state index contributed by atoms with van der Waals surface area (Å²) in [5.41, 5.74) is 1.08. The molecule has 0 radical (unpaired) electrons. The second-order valence-electron chi connectivity index (χ2n) is 5.45. The molecule has 1 N–H and O–H groups in total. The third-order valence-corrected chi connectivity index (χ3v) is 4.81. The van der Waals surface area contributed by atoms with Crippen molar-refractivity contribution in [2.75, 3.05) is 6.54 Å². The predicted octanol–water partition coefficient (Wildman–Crippen LogP) is 5.21. The Kier molecular flexibility index (Phi) is 5.83. The van der Waals surface area contributed by atoms with Crippen molar-refractivity contribution < 1.29 is 4.39 Å². The summed E-state index contributed by atoms with van der Waals surface area (Å²) < 4.78 is 14.6. The van der Waals surface area contributed by atoms with Gasteiger partial charge in [0.1, 0.15) is 5.82 Å². The van der Waals surface area contributed by atoms with Crippen molar-refractivity contribution in [1.82, 2.24) is 5.32 Å². The molecule has 2 rings (SSSR count). The molecular formula is C16H23BrFN. The van der Waals surface area contributed by atoms with Crippen LogP contribution in [-0.4, -0.2) is 6.54 Å². The van der Waals surface area contributed by atoms with E-state index in [0.717, 1.165) is 16.6 Å². The van der Waals surface area contributed by atoms with Gasteiger partial charge in [0.2, 0.25) is 0 Å². The van der Waals surface area contributed by atoms with Crippen LogP contribution < -0.4 is 5.32 Å². The van der Waals surface area contributed by atoms with Crippen molar-refractivity contribution in [3.63, 3.8) is 0 Å². The van der Waals surface area contributed by atoms with E-state index in [4.69, 9.17) is 0 Å². The molecule has 0 saturated heterocycles. The summed E-state index contributed by atoms with van der Waals surface area (Å²) in [4.78, 5) is 0. The number of hydrogen-bond acceptors (Lipinski definition) is 1. The second-order valence-corrected chi connectivity index (χ2v) is 6.31. The molecule has 0 amide bonds. The summed E-state index contributed by atoms with van der Waals surface area (Å²) in [6.07, 6.45) is 7.81. The topological polar surface area (TPSA) is 12.0 Å². The Morgan fingerprint density at radius 3 is 2.58 bits per heavy atom. The molecule has 3 heteroatoms. The molecular weight excluding hydrogens is 305 g/mol. The van der Waals surface area contributed by atoms with Gasteiger partial charge in [-0.3, -0.25) is 0 Å². The fourth-order valence-corrected chi connectivity index (χ4v) is 3.64. The van der Waals surface area contributed by atoms with Gasteiger partial charge in [-0.1, -0.05) is 48.5 Å². The Bertz CT molecular complexity index is 400. The van der Waals surface area contributed by atoms with Crippen LogP contribution in [0.1, 0.15) is 57.1 Å². The first-order valence-electron chi connectivity index (χ1n) is 7.40. The largest absolute Gasteiger partial charge is 0.310 e. The lowest BCUT2D eigenvalue weighted by atomic mass is 9.87. The lowest BCUT2D eigenvalue weighted by Crippen LogP contribution is -2.28. The van der Waals surface area contributed by atoms with Crippen LogP contribution in [0.25, 0.3) is 0 Å². The number of nitrogens with one attached hydrogen (secondary N) is 1. The summed E-state index contributed by atoms with van der Waals surface area (Å²) in [7, 11) is 0. The minimum atomic E-state index is -0.144. The van der Waals surface area contributed by atoms with Crippen molar-refractivity contribution in [2.24, 2.45) is 5.92 Å². The Morgan fingerprint density at radius 1 is 1.26 bits per heavy atom. The zero-order valence-corrected chi connectivity index (χ0v) is 13.2. The Labute approximate surface area is 124 Å². The summed E-state index contributed by atoms with van der Waals surface area (Å²) in [6.45, 7) is 3.04. The second kappa shape index (κ2) is 7.39. The quantitative estimate of drug-likeness (QED) is 0.748. The minimum absolute atomic E-state index is 0.144. The van der Waals surface area contributed by atoms with E-state index in [2.05, 4.69) is 28.2 Å². The normalized spacial score (nSPS) is 19.1. The standard InChI is InChI=1S/C16H23BrFN/c1-2-19-16(12-7-5-3-4-6-8-12)14-11-13(18)9-10-15(14)17/h9-12,16,19H,2-8H2,1H3. The van der Waals surface area contributed by atoms with Crippen LogP contribution in [0.15, 0.2) is 22.7 Å². The van der Waals surface area contributed by atoms with E-state index >= 15 is 0 Å². The zero-order chi connectivity index (χ0) is 13.7. The maximum absolute atomic E-state index is 13.5. The SMILES string of the molecule is CCNC(c1cc(F)ccc1Br)C1CCCCCC1. The van der Waals surface area contributed by atoms with Gasteiger partial charge in [-0.05, 0) is 49.1 Å². The molecule has 1 nitrogen and oxygen atoms in total. The molecule has 0 spiro atoms. The van der Waals surface area contributed by atoms with Crippen LogP contribution in [0.3, 0.4) is 0 Å². The molecule has 1 fully saturated rings. The molecule has 0 aliphatic heterocycles. The number of halogens is 2. The van der Waals surface area contributed by atoms with Gasteiger partial charge in [0.25, 0.3) is 0 Å². The lowest BCUT2D eigenvalue weighted by Gasteiger charge is -2.28. The number of hydrogen-bond donors (Lipinski definition) is 1. The fraction of sp³-hybridized carbons (Fsp3) is 0.625. The average Bonchev–Trinajstić information content (AvgIpc) is 2.68. The predicted molar refractivity (Wildman–Crippen MR) is 81.7 cm³/mol. The van der Waals surface area contributed by atoms with Crippen molar-refractivity contribution >= 4 is 15.9 Å². The van der Waals surface area contributed by atoms with Gasteiger partial charge >= 0.3 is 0 Å². The molecule has 1 aromatic rings. The van der Waals surface area contributed by atoms with Gasteiger partial charge in [0, 0.05) is 10.5 Å². The minimum Gasteiger partial charge on any atom is -0.310 e. The van der Waals surface area contributed by atoms with Crippen LogP contribution in [0, 0.1) is 11.7 Å². The summed E-state index contributed by atoms with van der Waals surface area (Å²) in [5.74, 6) is 0.482. The monoisotopic (exact) mass is 327 g/mol. The molecule has 1 aliphatic rings. The Hall–Kier alpha value is -0.410. The van der Waals surface area contributed by atoms with E-state index in [1.807, 2.05) is 6.07 Å². The van der Waals surface area contributed by atoms with Gasteiger partial charge in [-0.2, -0.15) is 0 Å². The van der Waals surface area contributed by atoms with Gasteiger partial charge in [-0.25, -0.2) is 4.39 Å². The maximum Gasteiger partial charge on any atom is 0.123 e. The molecule has 0 bridgehead atoms. The van der Waals surface area contributed by atoms with Crippen LogP contribution in [0.4, 0.5) is 4.39 Å². The van der Waals surface area contributed by atoms with Crippen LogP contribution in [-0.2, 0) is 0 Å². The van der Waals surface area contributed by atoms with E-state index in [0.29, 0.717) is 5.92 Å². The third-order valence-electron chi connectivity index (χ3n) is 4.09. The van der Waals surface area contributed by atoms with E-state index in [1.165, 1.54) is 44.6 Å². The highest BCUT2D eigenvalue weighted by Crippen LogP contribution is 2.36. The highest BCUT2D eigenvalue weighted by atomic mass is 79.9. The summed E-state index contributed by atoms with van der Waals surface area (Å²) >= 11 is 3.58. The molecule has 0 aromatic heterocycles. The van der Waals surface area contributed by atoms with Gasteiger partial charge < -0.3 is 5.32 Å². The average molecular weight is 328 g/mol. The number of rotatable bonds is 4. The van der Waals surface area contributed by atoms with E-state index in [-0.39, 0.29) is 11.9 Å². The smallest absolute Gasteiger partial charge is 0.123 e. The van der Waals surface area contributed by atoms with Crippen LogP contribution in [0.2, 0.25) is 0 Å². The molecule has 1 saturated carbocycles. The van der Waals surface area contributed by atoms with Crippen LogP contribution in [0.5, 0.6) is 0 Å². The van der Waals surface area contributed by atoms with Crippen molar-refractivity contribution in [3.8, 4) is 0 Å². The van der Waals surface area contributed by atoms with E-state index in [9.17, 15) is 4.39 Å². The first-order chi connectivity index (χ1) is 9.22. The summed E-state index contributed by atoms with van der Waals surface area (Å²) in [6, 6.07) is 5.30. The van der Waals surface area contributed by atoms with E-state index in [1.54, 1.807) is 6.07 Å². The Morgan fingerprint density at radius 2 is 1.95 bits per heavy atom. The van der Waals surface area contributed by atoms with Crippen molar-refractivity contribution in [3.05, 3.63) is 34.1 Å². The highest BCUT2D eigenvalue weighted by molar-refractivity contribution is 9.10. The molecule has 1 aliphatic carbocycles. The first kappa shape index (κ1) is 15.0. The molecule has 1 unspecified atom stereocenters. The number of benzene rings is 1. The first-order valence-corrected chi connectivity index (χ1v) is 8.20. The highest BCUT2D eigenvalue weighted by Gasteiger charge is 2.25. The molecule has 1 atom stereocenters. The van der Waals surface area contributed by atoms with Gasteiger partial charge in [0.15, 0.2) is 0 Å². The molecule has 19 heavy (non-hydrogen) atoms. The summed E-state index contributed by atoms with van der Waals surface area (Å²) in [5, 5.41) is 3.57. The zero-order valence-electron chi connectivity index (χ0n) is 11.6. The maximum atomic E-state index is 13.5. The van der Waals surface area contributed by atoms with Gasteiger partial charge in [0.05, 0.1) is 0 Å². The Balaban J connectivity index is 2.24. The fourth-order valence-electron chi connectivity index (χ4n) is 3.15. The lowest BCUT2D eigenvalue weighted by molar-refractivity contribution is 0.328. The van der Waals surface area contributed by atoms with Crippen molar-refractivity contribution in [1.29, 1.82) is 0 Å². The third kappa shape index (κ3) is 4.03. The molecule has 0 heterocycles. The molecule has 106 valence electrons. The molecule has 1 aromatic carbocycles. The van der Waals surface area contributed by atoms with Gasteiger partial charge in [-0.15, -0.1) is 0 Å². The van der Waals surface area contributed by atoms with E-state index < -0.39 is 0 Å². The van der Waals surface area contributed by atoms with Crippen LogP contribution >= 0.6 is 15.9 Å².